The number of likely N-dealkylation sites (tertiary alicyclic amines) is 1. The van der Waals surface area contributed by atoms with Crippen LogP contribution < -0.4 is 10.1 Å². The predicted molar refractivity (Wildman–Crippen MR) is 134 cm³/mol. The summed E-state index contributed by atoms with van der Waals surface area (Å²) in [7, 11) is 1.57. The van der Waals surface area contributed by atoms with Crippen molar-refractivity contribution in [2.24, 2.45) is 11.8 Å². The Hall–Kier alpha value is -2.87. The molecular weight excluding hydrogens is 456 g/mol. The molecular formula is C28H36N4O4. The minimum absolute atomic E-state index is 0.0132. The number of carbonyl (C=O) groups excluding carboxylic acids is 3. The Kier molecular flexibility index (Phi) is 6.23. The van der Waals surface area contributed by atoms with Gasteiger partial charge in [0, 0.05) is 24.7 Å². The van der Waals surface area contributed by atoms with Crippen molar-refractivity contribution >= 4 is 17.8 Å². The van der Waals surface area contributed by atoms with Crippen LogP contribution >= 0.6 is 0 Å². The fourth-order valence-corrected chi connectivity index (χ4v) is 7.41. The summed E-state index contributed by atoms with van der Waals surface area (Å²) in [5, 5.41) is 2.76. The van der Waals surface area contributed by atoms with Crippen molar-refractivity contribution in [1.29, 1.82) is 0 Å². The van der Waals surface area contributed by atoms with E-state index in [9.17, 15) is 14.4 Å². The molecule has 0 saturated carbocycles. The van der Waals surface area contributed by atoms with Gasteiger partial charge in [0.15, 0.2) is 0 Å². The summed E-state index contributed by atoms with van der Waals surface area (Å²) in [6.07, 6.45) is 9.60. The summed E-state index contributed by atoms with van der Waals surface area (Å²) in [5.41, 5.74) is 2.19. The number of methoxy groups -OCH3 is 1. The van der Waals surface area contributed by atoms with Crippen molar-refractivity contribution in [3.63, 3.8) is 0 Å². The van der Waals surface area contributed by atoms with Gasteiger partial charge in [-0.1, -0.05) is 36.3 Å². The molecule has 3 unspecified atom stereocenters. The molecule has 192 valence electrons. The molecule has 5 atom stereocenters. The zero-order chi connectivity index (χ0) is 24.8. The van der Waals surface area contributed by atoms with E-state index in [1.807, 2.05) is 29.2 Å². The van der Waals surface area contributed by atoms with Gasteiger partial charge in [-0.25, -0.2) is 4.79 Å². The molecule has 1 N–H and O–H groups in total. The zero-order valence-electron chi connectivity index (χ0n) is 21.0. The van der Waals surface area contributed by atoms with Crippen molar-refractivity contribution in [2.75, 3.05) is 26.7 Å². The molecule has 2 bridgehead atoms. The molecule has 5 aliphatic rings. The van der Waals surface area contributed by atoms with Crippen LogP contribution in [0.25, 0.3) is 0 Å². The molecule has 0 spiro atoms. The molecule has 1 aliphatic carbocycles. The Balaban J connectivity index is 1.15. The van der Waals surface area contributed by atoms with Gasteiger partial charge in [-0.3, -0.25) is 19.4 Å². The molecule has 4 amide bonds. The molecule has 8 heteroatoms. The van der Waals surface area contributed by atoms with E-state index < -0.39 is 12.1 Å². The lowest BCUT2D eigenvalue weighted by Gasteiger charge is -2.54. The Labute approximate surface area is 212 Å². The van der Waals surface area contributed by atoms with Gasteiger partial charge in [-0.2, -0.15) is 0 Å². The number of carbonyl (C=O) groups is 3. The van der Waals surface area contributed by atoms with E-state index in [-0.39, 0.29) is 30.8 Å². The maximum absolute atomic E-state index is 13.6. The lowest BCUT2D eigenvalue weighted by molar-refractivity contribution is -0.139. The number of rotatable bonds is 5. The second-order valence-electron chi connectivity index (χ2n) is 11.0. The highest BCUT2D eigenvalue weighted by Crippen LogP contribution is 2.45. The van der Waals surface area contributed by atoms with E-state index in [0.29, 0.717) is 23.6 Å². The van der Waals surface area contributed by atoms with E-state index in [2.05, 4.69) is 16.3 Å². The monoisotopic (exact) mass is 492 g/mol. The van der Waals surface area contributed by atoms with Crippen molar-refractivity contribution in [3.05, 3.63) is 41.5 Å². The molecule has 0 radical (unpaired) electrons. The number of hydrogen-bond donors (Lipinski definition) is 1. The molecule has 8 nitrogen and oxygen atoms in total. The average molecular weight is 493 g/mol. The van der Waals surface area contributed by atoms with Crippen LogP contribution in [0.3, 0.4) is 0 Å². The standard InChI is InChI=1S/C28H36N4O4/c1-36-24-10-3-2-7-19(24)17-32-27(34)22(29-28(32)35)15-25(33)31-12-6-8-18-13-20-14-21(26(18)31)16-30-11-5-4-9-23(20)30/h2-3,7,10,13,20-23,26H,4-6,8-9,11-12,14-17H2,1H3,(H,29,35)/t20-,21-,22?,23?,26?/m0/s1. The van der Waals surface area contributed by atoms with Crippen LogP contribution in [0, 0.1) is 11.8 Å². The number of benzene rings is 1. The number of imide groups is 1. The third-order valence-electron chi connectivity index (χ3n) is 8.98. The largest absolute Gasteiger partial charge is 0.496 e. The fraction of sp³-hybridized carbons (Fsp3) is 0.607. The van der Waals surface area contributed by atoms with Crippen LogP contribution in [-0.2, 0) is 16.1 Å². The van der Waals surface area contributed by atoms with Crippen molar-refractivity contribution in [3.8, 4) is 5.75 Å². The highest BCUT2D eigenvalue weighted by atomic mass is 16.5. The van der Waals surface area contributed by atoms with Crippen molar-refractivity contribution in [2.45, 2.75) is 69.6 Å². The maximum Gasteiger partial charge on any atom is 0.325 e. The van der Waals surface area contributed by atoms with Gasteiger partial charge in [0.25, 0.3) is 5.91 Å². The molecule has 4 fully saturated rings. The summed E-state index contributed by atoms with van der Waals surface area (Å²) >= 11 is 0. The van der Waals surface area contributed by atoms with Crippen LogP contribution in [0.4, 0.5) is 4.79 Å². The number of piperidine rings is 3. The van der Waals surface area contributed by atoms with Gasteiger partial charge in [0.1, 0.15) is 11.8 Å². The summed E-state index contributed by atoms with van der Waals surface area (Å²) < 4.78 is 5.37. The number of para-hydroxylation sites is 1. The zero-order valence-corrected chi connectivity index (χ0v) is 21.0. The highest BCUT2D eigenvalue weighted by Gasteiger charge is 2.48. The first-order valence-electron chi connectivity index (χ1n) is 13.5. The summed E-state index contributed by atoms with van der Waals surface area (Å²) in [4.78, 5) is 45.3. The first-order chi connectivity index (χ1) is 17.5. The number of urea groups is 1. The summed E-state index contributed by atoms with van der Waals surface area (Å²) in [5.74, 6) is 1.34. The minimum Gasteiger partial charge on any atom is -0.496 e. The average Bonchev–Trinajstić information content (AvgIpc) is 3.16. The minimum atomic E-state index is -0.816. The topological polar surface area (TPSA) is 82.2 Å². The highest BCUT2D eigenvalue weighted by molar-refractivity contribution is 6.05. The van der Waals surface area contributed by atoms with Crippen molar-refractivity contribution in [1.82, 2.24) is 20.0 Å². The van der Waals surface area contributed by atoms with Crippen LogP contribution in [0.2, 0.25) is 0 Å². The molecule has 4 aliphatic heterocycles. The second-order valence-corrected chi connectivity index (χ2v) is 11.0. The first-order valence-corrected chi connectivity index (χ1v) is 13.5. The van der Waals surface area contributed by atoms with E-state index in [1.54, 1.807) is 7.11 Å². The molecule has 4 heterocycles. The SMILES string of the molecule is COc1ccccc1CN1C(=O)NC(CC(=O)N2CCCC3=C[C@H]4C[C@@H](CN5CCCCC45)C32)C1=O. The third-order valence-corrected chi connectivity index (χ3v) is 8.98. The number of nitrogens with one attached hydrogen (secondary N) is 1. The van der Waals surface area contributed by atoms with E-state index >= 15 is 0 Å². The fourth-order valence-electron chi connectivity index (χ4n) is 7.41. The van der Waals surface area contributed by atoms with Gasteiger partial charge in [0.2, 0.25) is 5.91 Å². The Bertz CT molecular complexity index is 1090. The lowest BCUT2D eigenvalue weighted by atomic mass is 9.68. The Morgan fingerprint density at radius 3 is 2.86 bits per heavy atom. The van der Waals surface area contributed by atoms with Gasteiger partial charge in [0.05, 0.1) is 26.1 Å². The van der Waals surface area contributed by atoms with Gasteiger partial charge < -0.3 is 15.0 Å². The van der Waals surface area contributed by atoms with Gasteiger partial charge in [-0.15, -0.1) is 0 Å². The predicted octanol–water partition coefficient (Wildman–Crippen LogP) is 2.93. The molecule has 1 aromatic carbocycles. The number of hydrogen-bond acceptors (Lipinski definition) is 5. The Morgan fingerprint density at radius 1 is 1.14 bits per heavy atom. The van der Waals surface area contributed by atoms with Crippen LogP contribution in [0.1, 0.15) is 50.5 Å². The van der Waals surface area contributed by atoms with Gasteiger partial charge >= 0.3 is 6.03 Å². The number of fused-ring (bicyclic) bond motifs is 6. The first kappa shape index (κ1) is 23.5. The number of amides is 4. The van der Waals surface area contributed by atoms with E-state index in [1.165, 1.54) is 36.3 Å². The number of ether oxygens (including phenoxy) is 1. The van der Waals surface area contributed by atoms with Crippen LogP contribution in [-0.4, -0.2) is 77.4 Å². The second kappa shape index (κ2) is 9.54. The smallest absolute Gasteiger partial charge is 0.325 e. The quantitative estimate of drug-likeness (QED) is 0.505. The molecule has 6 rings (SSSR count). The number of nitrogens with zero attached hydrogens (tertiary/aromatic N) is 3. The normalized spacial score (nSPS) is 31.9. The molecule has 36 heavy (non-hydrogen) atoms. The lowest BCUT2D eigenvalue weighted by Crippen LogP contribution is -2.60. The summed E-state index contributed by atoms with van der Waals surface area (Å²) in [6, 6.07) is 6.90. The molecule has 4 saturated heterocycles. The third kappa shape index (κ3) is 4.09. The summed E-state index contributed by atoms with van der Waals surface area (Å²) in [6.45, 7) is 3.09. The van der Waals surface area contributed by atoms with Crippen LogP contribution in [0.5, 0.6) is 5.75 Å². The molecule has 0 aromatic heterocycles. The maximum atomic E-state index is 13.6. The Morgan fingerprint density at radius 2 is 2.00 bits per heavy atom. The van der Waals surface area contributed by atoms with E-state index in [0.717, 1.165) is 37.9 Å². The van der Waals surface area contributed by atoms with E-state index in [4.69, 9.17) is 4.74 Å². The van der Waals surface area contributed by atoms with Gasteiger partial charge in [-0.05, 0) is 56.6 Å². The molecule has 1 aromatic rings. The van der Waals surface area contributed by atoms with Crippen LogP contribution in [0.15, 0.2) is 35.9 Å². The van der Waals surface area contributed by atoms with Crippen molar-refractivity contribution < 1.29 is 19.1 Å².